The topological polar surface area (TPSA) is 62.8 Å². The zero-order valence-electron chi connectivity index (χ0n) is 11.4. The predicted molar refractivity (Wildman–Crippen MR) is 75.0 cm³/mol. The molecule has 114 valence electrons. The Bertz CT molecular complexity index is 796. The predicted octanol–water partition coefficient (Wildman–Crippen LogP) is 3.91. The smallest absolute Gasteiger partial charge is 0.406 e. The third-order valence-corrected chi connectivity index (χ3v) is 2.91. The summed E-state index contributed by atoms with van der Waals surface area (Å²) in [5.41, 5.74) is 2.22. The molecule has 0 atom stereocenters. The van der Waals surface area contributed by atoms with Gasteiger partial charge < -0.3 is 15.0 Å². The second-order valence-corrected chi connectivity index (χ2v) is 4.63. The first kappa shape index (κ1) is 14.2. The number of fused-ring (bicyclic) bond motifs is 1. The minimum atomic E-state index is -4.70. The highest BCUT2D eigenvalue weighted by Crippen LogP contribution is 2.27. The van der Waals surface area contributed by atoms with Crippen LogP contribution in [-0.2, 0) is 0 Å². The summed E-state index contributed by atoms with van der Waals surface area (Å²) in [6.07, 6.45) is -3.29. The standard InChI is InChI=1S/C14H11F3N4O/c1-8-6-11-12(20-8)18-7-19-13(11)21-9-2-4-10(5-3-9)22-14(15,16)17/h2-7H,1H3,(H2,18,19,20,21). The average molecular weight is 308 g/mol. The van der Waals surface area contributed by atoms with E-state index in [1.54, 1.807) is 0 Å². The Labute approximate surface area is 123 Å². The van der Waals surface area contributed by atoms with Gasteiger partial charge in [0, 0.05) is 11.4 Å². The van der Waals surface area contributed by atoms with Crippen LogP contribution in [0, 0.1) is 6.92 Å². The van der Waals surface area contributed by atoms with E-state index in [-0.39, 0.29) is 5.75 Å². The van der Waals surface area contributed by atoms with Gasteiger partial charge in [-0.1, -0.05) is 0 Å². The molecule has 5 nitrogen and oxygen atoms in total. The molecule has 0 aliphatic carbocycles. The molecule has 2 N–H and O–H groups in total. The maximum absolute atomic E-state index is 12.1. The third kappa shape index (κ3) is 3.11. The molecule has 3 rings (SSSR count). The Hall–Kier alpha value is -2.77. The highest BCUT2D eigenvalue weighted by molar-refractivity contribution is 5.89. The van der Waals surface area contributed by atoms with Gasteiger partial charge in [-0.3, -0.25) is 0 Å². The van der Waals surface area contributed by atoms with Gasteiger partial charge in [-0.15, -0.1) is 13.2 Å². The monoisotopic (exact) mass is 308 g/mol. The normalized spacial score (nSPS) is 11.6. The lowest BCUT2D eigenvalue weighted by Gasteiger charge is -2.10. The van der Waals surface area contributed by atoms with Crippen LogP contribution in [0.1, 0.15) is 5.69 Å². The highest BCUT2D eigenvalue weighted by Gasteiger charge is 2.30. The first-order valence-corrected chi connectivity index (χ1v) is 6.34. The number of hydrogen-bond donors (Lipinski definition) is 2. The molecule has 0 amide bonds. The van der Waals surface area contributed by atoms with Crippen molar-refractivity contribution < 1.29 is 17.9 Å². The molecule has 0 saturated heterocycles. The van der Waals surface area contributed by atoms with E-state index >= 15 is 0 Å². The van der Waals surface area contributed by atoms with Crippen LogP contribution in [0.4, 0.5) is 24.7 Å². The van der Waals surface area contributed by atoms with Gasteiger partial charge in [0.15, 0.2) is 0 Å². The maximum atomic E-state index is 12.1. The number of ether oxygens (including phenoxy) is 1. The molecule has 0 saturated carbocycles. The molecule has 0 bridgehead atoms. The fraction of sp³-hybridized carbons (Fsp3) is 0.143. The molecule has 8 heteroatoms. The maximum Gasteiger partial charge on any atom is 0.573 e. The number of nitrogens with zero attached hydrogens (tertiary/aromatic N) is 2. The average Bonchev–Trinajstić information content (AvgIpc) is 2.81. The van der Waals surface area contributed by atoms with Crippen molar-refractivity contribution in [2.75, 3.05) is 5.32 Å². The number of rotatable bonds is 3. The van der Waals surface area contributed by atoms with E-state index in [4.69, 9.17) is 0 Å². The van der Waals surface area contributed by atoms with E-state index in [1.807, 2.05) is 13.0 Å². The van der Waals surface area contributed by atoms with Crippen molar-refractivity contribution in [2.45, 2.75) is 13.3 Å². The lowest BCUT2D eigenvalue weighted by atomic mass is 10.3. The second kappa shape index (κ2) is 5.21. The van der Waals surface area contributed by atoms with Crippen molar-refractivity contribution in [1.82, 2.24) is 15.0 Å². The SMILES string of the molecule is Cc1cc2c(Nc3ccc(OC(F)(F)F)cc3)ncnc2[nH]1. The van der Waals surface area contributed by atoms with E-state index in [9.17, 15) is 13.2 Å². The van der Waals surface area contributed by atoms with Gasteiger partial charge >= 0.3 is 6.36 Å². The Morgan fingerprint density at radius 1 is 1.14 bits per heavy atom. The molecule has 2 heterocycles. The second-order valence-electron chi connectivity index (χ2n) is 4.63. The fourth-order valence-electron chi connectivity index (χ4n) is 2.05. The Balaban J connectivity index is 1.83. The van der Waals surface area contributed by atoms with Crippen LogP contribution < -0.4 is 10.1 Å². The molecule has 0 aliphatic heterocycles. The molecule has 3 aromatic rings. The van der Waals surface area contributed by atoms with E-state index in [0.29, 0.717) is 17.2 Å². The highest BCUT2D eigenvalue weighted by atomic mass is 19.4. The minimum absolute atomic E-state index is 0.275. The van der Waals surface area contributed by atoms with Crippen molar-refractivity contribution in [2.24, 2.45) is 0 Å². The van der Waals surface area contributed by atoms with E-state index in [0.717, 1.165) is 11.1 Å². The summed E-state index contributed by atoms with van der Waals surface area (Å²) in [5, 5.41) is 3.84. The van der Waals surface area contributed by atoms with Crippen LogP contribution in [-0.4, -0.2) is 21.3 Å². The molecule has 22 heavy (non-hydrogen) atoms. The van der Waals surface area contributed by atoms with Gasteiger partial charge in [0.25, 0.3) is 0 Å². The largest absolute Gasteiger partial charge is 0.573 e. The Morgan fingerprint density at radius 3 is 2.55 bits per heavy atom. The summed E-state index contributed by atoms with van der Waals surface area (Å²) >= 11 is 0. The summed E-state index contributed by atoms with van der Waals surface area (Å²) in [4.78, 5) is 11.3. The quantitative estimate of drug-likeness (QED) is 0.770. The van der Waals surface area contributed by atoms with Gasteiger partial charge in [-0.05, 0) is 37.3 Å². The van der Waals surface area contributed by atoms with Gasteiger partial charge in [-0.25, -0.2) is 9.97 Å². The molecule has 0 unspecified atom stereocenters. The van der Waals surface area contributed by atoms with Gasteiger partial charge in [0.1, 0.15) is 23.5 Å². The number of H-pyrrole nitrogens is 1. The van der Waals surface area contributed by atoms with Crippen LogP contribution in [0.5, 0.6) is 5.75 Å². The number of aromatic nitrogens is 3. The minimum Gasteiger partial charge on any atom is -0.406 e. The van der Waals surface area contributed by atoms with Gasteiger partial charge in [0.2, 0.25) is 0 Å². The molecular formula is C14H11F3N4O. The molecule has 2 aromatic heterocycles. The van der Waals surface area contributed by atoms with E-state index < -0.39 is 6.36 Å². The van der Waals surface area contributed by atoms with Crippen LogP contribution in [0.3, 0.4) is 0 Å². The number of anilines is 2. The zero-order chi connectivity index (χ0) is 15.7. The Kier molecular flexibility index (Phi) is 3.36. The summed E-state index contributed by atoms with van der Waals surface area (Å²) < 4.78 is 40.1. The number of hydrogen-bond acceptors (Lipinski definition) is 4. The number of nitrogens with one attached hydrogen (secondary N) is 2. The first-order chi connectivity index (χ1) is 10.4. The third-order valence-electron chi connectivity index (χ3n) is 2.91. The van der Waals surface area contributed by atoms with Crippen LogP contribution in [0.15, 0.2) is 36.7 Å². The summed E-state index contributed by atoms with van der Waals surface area (Å²) in [5.74, 6) is 0.294. The van der Waals surface area contributed by atoms with Crippen LogP contribution in [0.25, 0.3) is 11.0 Å². The molecule has 0 spiro atoms. The first-order valence-electron chi connectivity index (χ1n) is 6.34. The number of aromatic amines is 1. The van der Waals surface area contributed by atoms with Crippen molar-refractivity contribution in [1.29, 1.82) is 0 Å². The molecule has 1 aromatic carbocycles. The van der Waals surface area contributed by atoms with Crippen molar-refractivity contribution in [3.05, 3.63) is 42.4 Å². The summed E-state index contributed by atoms with van der Waals surface area (Å²) in [6.45, 7) is 1.90. The zero-order valence-corrected chi connectivity index (χ0v) is 11.4. The van der Waals surface area contributed by atoms with Gasteiger partial charge in [-0.2, -0.15) is 0 Å². The van der Waals surface area contributed by atoms with Crippen molar-refractivity contribution in [3.8, 4) is 5.75 Å². The lowest BCUT2D eigenvalue weighted by Crippen LogP contribution is -2.16. The molecule has 0 radical (unpaired) electrons. The van der Waals surface area contributed by atoms with Crippen molar-refractivity contribution in [3.63, 3.8) is 0 Å². The van der Waals surface area contributed by atoms with Crippen LogP contribution in [0.2, 0.25) is 0 Å². The Morgan fingerprint density at radius 2 is 1.86 bits per heavy atom. The number of aryl methyl sites for hydroxylation is 1. The lowest BCUT2D eigenvalue weighted by molar-refractivity contribution is -0.274. The van der Waals surface area contributed by atoms with Crippen LogP contribution >= 0.6 is 0 Å². The number of alkyl halides is 3. The van der Waals surface area contributed by atoms with E-state index in [2.05, 4.69) is 25.0 Å². The number of halogens is 3. The van der Waals surface area contributed by atoms with Gasteiger partial charge in [0.05, 0.1) is 5.39 Å². The molecule has 0 fully saturated rings. The summed E-state index contributed by atoms with van der Waals surface area (Å²) in [7, 11) is 0. The molecule has 0 aliphatic rings. The molecular weight excluding hydrogens is 297 g/mol. The number of benzene rings is 1. The van der Waals surface area contributed by atoms with Crippen molar-refractivity contribution >= 4 is 22.5 Å². The summed E-state index contributed by atoms with van der Waals surface area (Å²) in [6, 6.07) is 7.31. The van der Waals surface area contributed by atoms with E-state index in [1.165, 1.54) is 30.6 Å². The fourth-order valence-corrected chi connectivity index (χ4v) is 2.05.